The molecule has 1 N–H and O–H groups in total. The van der Waals surface area contributed by atoms with Crippen molar-refractivity contribution in [3.05, 3.63) is 72.1 Å². The molecule has 0 bridgehead atoms. The lowest BCUT2D eigenvalue weighted by molar-refractivity contribution is 0.0930. The lowest BCUT2D eigenvalue weighted by atomic mass is 10.0. The molecule has 150 valence electrons. The second-order valence-electron chi connectivity index (χ2n) is 7.37. The molecule has 1 aliphatic rings. The van der Waals surface area contributed by atoms with Gasteiger partial charge in [0.25, 0.3) is 5.91 Å². The summed E-state index contributed by atoms with van der Waals surface area (Å²) >= 11 is 1.65. The van der Waals surface area contributed by atoms with Crippen LogP contribution < -0.4 is 10.2 Å². The predicted octanol–water partition coefficient (Wildman–Crippen LogP) is 4.15. The molecule has 4 aromatic rings. The Bertz CT molecular complexity index is 1150. The van der Waals surface area contributed by atoms with Crippen LogP contribution in [-0.2, 0) is 0 Å². The Morgan fingerprint density at radius 1 is 1.07 bits per heavy atom. The SMILES string of the molecule is O=C(NC1CCN(c2ncnc3scc(-c4ccccc4)c23)CC1)c1cccnc1. The van der Waals surface area contributed by atoms with Crippen LogP contribution in [0.2, 0.25) is 0 Å². The Kier molecular flexibility index (Phi) is 5.11. The Balaban J connectivity index is 1.34. The van der Waals surface area contributed by atoms with Gasteiger partial charge in [0, 0.05) is 42.5 Å². The average Bonchev–Trinajstić information content (AvgIpc) is 3.25. The normalized spacial score (nSPS) is 14.7. The molecule has 0 unspecified atom stereocenters. The number of hydrogen-bond donors (Lipinski definition) is 1. The molecule has 1 fully saturated rings. The van der Waals surface area contributed by atoms with Crippen molar-refractivity contribution < 1.29 is 4.79 Å². The number of aromatic nitrogens is 3. The van der Waals surface area contributed by atoms with E-state index in [4.69, 9.17) is 0 Å². The fourth-order valence-electron chi connectivity index (χ4n) is 3.93. The number of amides is 1. The quantitative estimate of drug-likeness (QED) is 0.542. The molecule has 1 aliphatic heterocycles. The van der Waals surface area contributed by atoms with Crippen molar-refractivity contribution in [1.29, 1.82) is 0 Å². The van der Waals surface area contributed by atoms with Gasteiger partial charge in [-0.2, -0.15) is 0 Å². The Morgan fingerprint density at radius 3 is 2.67 bits per heavy atom. The summed E-state index contributed by atoms with van der Waals surface area (Å²) in [6.45, 7) is 1.68. The van der Waals surface area contributed by atoms with Crippen LogP contribution in [0.3, 0.4) is 0 Å². The van der Waals surface area contributed by atoms with E-state index in [9.17, 15) is 4.79 Å². The number of carbonyl (C=O) groups is 1. The topological polar surface area (TPSA) is 71.0 Å². The number of thiophene rings is 1. The van der Waals surface area contributed by atoms with E-state index in [-0.39, 0.29) is 11.9 Å². The molecular weight excluding hydrogens is 394 g/mol. The Hall–Kier alpha value is -3.32. The summed E-state index contributed by atoms with van der Waals surface area (Å²) in [6.07, 6.45) is 6.68. The van der Waals surface area contributed by atoms with Gasteiger partial charge >= 0.3 is 0 Å². The first kappa shape index (κ1) is 18.7. The molecule has 0 radical (unpaired) electrons. The van der Waals surface area contributed by atoms with Crippen LogP contribution in [0.1, 0.15) is 23.2 Å². The van der Waals surface area contributed by atoms with Gasteiger partial charge in [0.15, 0.2) is 0 Å². The molecular formula is C23H21N5OS. The fourth-order valence-corrected chi connectivity index (χ4v) is 4.84. The highest BCUT2D eigenvalue weighted by Gasteiger charge is 2.24. The summed E-state index contributed by atoms with van der Waals surface area (Å²) in [4.78, 5) is 28.9. The van der Waals surface area contributed by atoms with E-state index in [2.05, 4.69) is 54.8 Å². The van der Waals surface area contributed by atoms with Crippen LogP contribution in [-0.4, -0.2) is 40.0 Å². The van der Waals surface area contributed by atoms with E-state index in [0.29, 0.717) is 5.56 Å². The summed E-state index contributed by atoms with van der Waals surface area (Å²) in [5.41, 5.74) is 2.96. The van der Waals surface area contributed by atoms with Gasteiger partial charge in [-0.1, -0.05) is 30.3 Å². The van der Waals surface area contributed by atoms with Gasteiger partial charge in [0.2, 0.25) is 0 Å². The second-order valence-corrected chi connectivity index (χ2v) is 8.23. The summed E-state index contributed by atoms with van der Waals surface area (Å²) in [6, 6.07) is 14.1. The van der Waals surface area contributed by atoms with Gasteiger partial charge in [-0.25, -0.2) is 9.97 Å². The molecule has 0 atom stereocenters. The molecule has 30 heavy (non-hydrogen) atoms. The highest BCUT2D eigenvalue weighted by molar-refractivity contribution is 7.17. The van der Waals surface area contributed by atoms with E-state index in [1.165, 1.54) is 11.1 Å². The number of nitrogens with one attached hydrogen (secondary N) is 1. The highest BCUT2D eigenvalue weighted by atomic mass is 32.1. The number of anilines is 1. The number of nitrogens with zero attached hydrogens (tertiary/aromatic N) is 4. The van der Waals surface area contributed by atoms with E-state index in [0.717, 1.165) is 42.0 Å². The third-order valence-electron chi connectivity index (χ3n) is 5.49. The summed E-state index contributed by atoms with van der Waals surface area (Å²) in [5, 5.41) is 6.42. The standard InChI is InChI=1S/C23H21N5OS/c29-22(17-7-4-10-24-13-17)27-18-8-11-28(12-9-18)21-20-19(16-5-2-1-3-6-16)14-30-23(20)26-15-25-21/h1-7,10,13-15,18H,8-9,11-12H2,(H,27,29). The Labute approximate surface area is 178 Å². The molecule has 1 aromatic carbocycles. The van der Waals surface area contributed by atoms with E-state index in [1.54, 1.807) is 42.2 Å². The number of piperidine rings is 1. The number of carbonyl (C=O) groups excluding carboxylic acids is 1. The monoisotopic (exact) mass is 415 g/mol. The van der Waals surface area contributed by atoms with Crippen LogP contribution in [0.4, 0.5) is 5.82 Å². The Morgan fingerprint density at radius 2 is 1.90 bits per heavy atom. The van der Waals surface area contributed by atoms with Crippen molar-refractivity contribution in [3.8, 4) is 11.1 Å². The minimum Gasteiger partial charge on any atom is -0.356 e. The number of fused-ring (bicyclic) bond motifs is 1. The van der Waals surface area contributed by atoms with Crippen molar-refractivity contribution in [2.75, 3.05) is 18.0 Å². The van der Waals surface area contributed by atoms with Gasteiger partial charge in [-0.05, 0) is 30.5 Å². The molecule has 7 heteroatoms. The summed E-state index contributed by atoms with van der Waals surface area (Å²) in [5.74, 6) is 0.923. The fraction of sp³-hybridized carbons (Fsp3) is 0.217. The van der Waals surface area contributed by atoms with Crippen molar-refractivity contribution in [3.63, 3.8) is 0 Å². The molecule has 3 aromatic heterocycles. The first-order chi connectivity index (χ1) is 14.8. The van der Waals surface area contributed by atoms with Crippen LogP contribution in [0.15, 0.2) is 66.6 Å². The highest BCUT2D eigenvalue weighted by Crippen LogP contribution is 2.38. The average molecular weight is 416 g/mol. The molecule has 4 heterocycles. The third-order valence-corrected chi connectivity index (χ3v) is 6.37. The van der Waals surface area contributed by atoms with Gasteiger partial charge in [-0.3, -0.25) is 9.78 Å². The first-order valence-corrected chi connectivity index (χ1v) is 10.9. The van der Waals surface area contributed by atoms with E-state index >= 15 is 0 Å². The van der Waals surface area contributed by atoms with Gasteiger partial charge < -0.3 is 10.2 Å². The van der Waals surface area contributed by atoms with Gasteiger partial charge in [-0.15, -0.1) is 11.3 Å². The number of pyridine rings is 1. The third kappa shape index (κ3) is 3.64. The van der Waals surface area contributed by atoms with Crippen LogP contribution in [0.25, 0.3) is 21.3 Å². The minimum atomic E-state index is -0.0600. The zero-order chi connectivity index (χ0) is 20.3. The maximum atomic E-state index is 12.4. The molecule has 6 nitrogen and oxygen atoms in total. The van der Waals surface area contributed by atoms with E-state index < -0.39 is 0 Å². The molecule has 0 saturated carbocycles. The molecule has 5 rings (SSSR count). The smallest absolute Gasteiger partial charge is 0.253 e. The molecule has 0 spiro atoms. The zero-order valence-electron chi connectivity index (χ0n) is 16.4. The molecule has 1 amide bonds. The van der Waals surface area contributed by atoms with Crippen molar-refractivity contribution in [2.24, 2.45) is 0 Å². The van der Waals surface area contributed by atoms with Gasteiger partial charge in [0.1, 0.15) is 17.0 Å². The van der Waals surface area contributed by atoms with Crippen LogP contribution in [0, 0.1) is 0 Å². The molecule has 1 saturated heterocycles. The number of hydrogen-bond acceptors (Lipinski definition) is 6. The van der Waals surface area contributed by atoms with Crippen molar-refractivity contribution >= 4 is 33.3 Å². The minimum absolute atomic E-state index is 0.0600. The largest absolute Gasteiger partial charge is 0.356 e. The summed E-state index contributed by atoms with van der Waals surface area (Å²) in [7, 11) is 0. The van der Waals surface area contributed by atoms with Crippen LogP contribution in [0.5, 0.6) is 0 Å². The molecule has 0 aliphatic carbocycles. The maximum absolute atomic E-state index is 12.4. The maximum Gasteiger partial charge on any atom is 0.253 e. The summed E-state index contributed by atoms with van der Waals surface area (Å²) < 4.78 is 0. The lowest BCUT2D eigenvalue weighted by Gasteiger charge is -2.33. The van der Waals surface area contributed by atoms with Crippen LogP contribution >= 0.6 is 11.3 Å². The van der Waals surface area contributed by atoms with Crippen molar-refractivity contribution in [1.82, 2.24) is 20.3 Å². The number of rotatable bonds is 4. The zero-order valence-corrected chi connectivity index (χ0v) is 17.2. The second kappa shape index (κ2) is 8.20. The van der Waals surface area contributed by atoms with E-state index in [1.807, 2.05) is 6.07 Å². The first-order valence-electron chi connectivity index (χ1n) is 10.0. The van der Waals surface area contributed by atoms with Crippen molar-refractivity contribution in [2.45, 2.75) is 18.9 Å². The lowest BCUT2D eigenvalue weighted by Crippen LogP contribution is -2.45. The predicted molar refractivity (Wildman–Crippen MR) is 120 cm³/mol. The van der Waals surface area contributed by atoms with Gasteiger partial charge in [0.05, 0.1) is 10.9 Å². The number of benzene rings is 1.